The van der Waals surface area contributed by atoms with Gasteiger partial charge in [0.25, 0.3) is 15.9 Å². The number of anilines is 2. The highest BCUT2D eigenvalue weighted by molar-refractivity contribution is 7.92. The summed E-state index contributed by atoms with van der Waals surface area (Å²) in [6.45, 7) is 4.34. The van der Waals surface area contributed by atoms with Crippen molar-refractivity contribution in [2.24, 2.45) is 5.10 Å². The Kier molecular flexibility index (Phi) is 8.73. The van der Waals surface area contributed by atoms with Gasteiger partial charge < -0.3 is 5.32 Å². The van der Waals surface area contributed by atoms with Crippen molar-refractivity contribution in [3.8, 4) is 0 Å². The van der Waals surface area contributed by atoms with Crippen molar-refractivity contribution in [2.45, 2.75) is 25.7 Å². The van der Waals surface area contributed by atoms with Crippen LogP contribution in [0.5, 0.6) is 0 Å². The third kappa shape index (κ3) is 7.07. The summed E-state index contributed by atoms with van der Waals surface area (Å²) in [6.07, 6.45) is 0. The highest BCUT2D eigenvalue weighted by Crippen LogP contribution is 2.29. The highest BCUT2D eigenvalue weighted by atomic mass is 35.5. The van der Waals surface area contributed by atoms with E-state index >= 15 is 0 Å². The van der Waals surface area contributed by atoms with E-state index in [4.69, 9.17) is 23.2 Å². The molecule has 3 aromatic rings. The summed E-state index contributed by atoms with van der Waals surface area (Å²) in [5.41, 5.74) is 5.10. The fraction of sp³-hybridized carbons (Fsp3) is 0.160. The Morgan fingerprint density at radius 3 is 2.19 bits per heavy atom. The van der Waals surface area contributed by atoms with Crippen LogP contribution in [0.25, 0.3) is 0 Å². The summed E-state index contributed by atoms with van der Waals surface area (Å²) in [4.78, 5) is 24.1. The minimum absolute atomic E-state index is 0.00599. The van der Waals surface area contributed by atoms with Crippen molar-refractivity contribution >= 4 is 62.1 Å². The molecule has 188 valence electrons. The summed E-state index contributed by atoms with van der Waals surface area (Å²) >= 11 is 12.2. The first-order valence-corrected chi connectivity index (χ1v) is 12.9. The van der Waals surface area contributed by atoms with Gasteiger partial charge >= 0.3 is 0 Å². The third-order valence-electron chi connectivity index (χ3n) is 4.98. The Morgan fingerprint density at radius 1 is 0.944 bits per heavy atom. The zero-order valence-electron chi connectivity index (χ0n) is 19.7. The monoisotopic (exact) mass is 546 g/mol. The lowest BCUT2D eigenvalue weighted by atomic mass is 10.1. The van der Waals surface area contributed by atoms with Gasteiger partial charge in [-0.25, -0.2) is 13.8 Å². The number of nitrogens with one attached hydrogen (secondary N) is 2. The molecule has 0 saturated carbocycles. The van der Waals surface area contributed by atoms with E-state index in [-0.39, 0.29) is 26.5 Å². The molecule has 0 unspecified atom stereocenters. The molecule has 0 bridgehead atoms. The number of halogens is 2. The first kappa shape index (κ1) is 27.2. The molecule has 0 aliphatic rings. The molecule has 0 spiro atoms. The lowest BCUT2D eigenvalue weighted by Gasteiger charge is -2.24. The molecule has 3 aromatic carbocycles. The lowest BCUT2D eigenvalue weighted by molar-refractivity contribution is -0.119. The molecule has 0 atom stereocenters. The normalized spacial score (nSPS) is 11.6. The molecule has 0 aliphatic carbocycles. The second-order valence-electron chi connectivity index (χ2n) is 7.95. The average molecular weight is 547 g/mol. The number of carbonyl (C=O) groups is 2. The molecule has 0 aliphatic heterocycles. The van der Waals surface area contributed by atoms with Gasteiger partial charge in [-0.05, 0) is 61.9 Å². The number of benzene rings is 3. The van der Waals surface area contributed by atoms with E-state index in [1.807, 2.05) is 6.92 Å². The number of hydrogen-bond donors (Lipinski definition) is 2. The second-order valence-corrected chi connectivity index (χ2v) is 10.7. The number of hydrogen-bond acceptors (Lipinski definition) is 5. The van der Waals surface area contributed by atoms with Crippen LogP contribution in [0.2, 0.25) is 10.0 Å². The maximum atomic E-state index is 13.5. The summed E-state index contributed by atoms with van der Waals surface area (Å²) < 4.78 is 27.9. The standard InChI is InChI=1S/C25H24Cl2N4O4S/c1-16-7-9-24(10-8-16)36(34,35)31(23-13-20(26)12-21(27)14-23)15-25(33)30-29-17(2)19-5-4-6-22(11-19)28-18(3)32/h4-14H,15H2,1-3H3,(H,28,32)(H,30,33)/b29-17-. The predicted octanol–water partition coefficient (Wildman–Crippen LogP) is 5.00. The number of sulfonamides is 1. The molecule has 11 heteroatoms. The molecular formula is C25H24Cl2N4O4S. The predicted molar refractivity (Wildman–Crippen MR) is 143 cm³/mol. The van der Waals surface area contributed by atoms with Gasteiger partial charge in [-0.2, -0.15) is 5.10 Å². The molecule has 36 heavy (non-hydrogen) atoms. The molecule has 0 fully saturated rings. The largest absolute Gasteiger partial charge is 0.326 e. The molecular weight excluding hydrogens is 523 g/mol. The summed E-state index contributed by atoms with van der Waals surface area (Å²) in [6, 6.07) is 17.5. The van der Waals surface area contributed by atoms with Crippen LogP contribution in [0, 0.1) is 6.92 Å². The molecule has 3 rings (SSSR count). The van der Waals surface area contributed by atoms with E-state index in [2.05, 4.69) is 15.8 Å². The maximum absolute atomic E-state index is 13.5. The smallest absolute Gasteiger partial charge is 0.264 e. The Morgan fingerprint density at radius 2 is 1.58 bits per heavy atom. The van der Waals surface area contributed by atoms with Crippen molar-refractivity contribution in [1.82, 2.24) is 5.43 Å². The van der Waals surface area contributed by atoms with Crippen LogP contribution >= 0.6 is 23.2 Å². The molecule has 0 saturated heterocycles. The Bertz CT molecular complexity index is 1400. The van der Waals surface area contributed by atoms with E-state index in [0.29, 0.717) is 17.0 Å². The third-order valence-corrected chi connectivity index (χ3v) is 7.21. The SMILES string of the molecule is CC(=O)Nc1cccc(/C(C)=N\NC(=O)CN(c2cc(Cl)cc(Cl)c2)S(=O)(=O)c2ccc(C)cc2)c1. The second kappa shape index (κ2) is 11.6. The summed E-state index contributed by atoms with van der Waals surface area (Å²) in [5, 5.41) is 7.21. The lowest BCUT2D eigenvalue weighted by Crippen LogP contribution is -2.39. The quantitative estimate of drug-likeness (QED) is 0.306. The number of amides is 2. The van der Waals surface area contributed by atoms with E-state index in [0.717, 1.165) is 9.87 Å². The van der Waals surface area contributed by atoms with Gasteiger partial charge in [0.05, 0.1) is 16.3 Å². The Balaban J connectivity index is 1.88. The van der Waals surface area contributed by atoms with Crippen LogP contribution in [0.3, 0.4) is 0 Å². The molecule has 0 aromatic heterocycles. The van der Waals surface area contributed by atoms with Crippen LogP contribution in [-0.2, 0) is 19.6 Å². The van der Waals surface area contributed by atoms with Crippen LogP contribution in [0.4, 0.5) is 11.4 Å². The van der Waals surface area contributed by atoms with E-state index in [9.17, 15) is 18.0 Å². The zero-order valence-corrected chi connectivity index (χ0v) is 22.1. The summed E-state index contributed by atoms with van der Waals surface area (Å²) in [5.74, 6) is -0.898. The number of hydrazone groups is 1. The van der Waals surface area contributed by atoms with Gasteiger partial charge in [-0.15, -0.1) is 0 Å². The molecule has 0 radical (unpaired) electrons. The van der Waals surface area contributed by atoms with E-state index in [1.165, 1.54) is 37.3 Å². The van der Waals surface area contributed by atoms with Crippen LogP contribution < -0.4 is 15.0 Å². The van der Waals surface area contributed by atoms with Crippen molar-refractivity contribution in [3.05, 3.63) is 87.9 Å². The van der Waals surface area contributed by atoms with Crippen LogP contribution in [0.1, 0.15) is 25.0 Å². The summed E-state index contributed by atoms with van der Waals surface area (Å²) in [7, 11) is -4.14. The Labute approximate surface area is 220 Å². The molecule has 0 heterocycles. The van der Waals surface area contributed by atoms with Gasteiger partial charge in [-0.1, -0.05) is 53.0 Å². The average Bonchev–Trinajstić information content (AvgIpc) is 2.80. The number of carbonyl (C=O) groups excluding carboxylic acids is 2. The molecule has 2 amide bonds. The van der Waals surface area contributed by atoms with Crippen LogP contribution in [0.15, 0.2) is 76.7 Å². The van der Waals surface area contributed by atoms with Gasteiger partial charge in [0, 0.05) is 22.7 Å². The minimum Gasteiger partial charge on any atom is -0.326 e. The number of rotatable bonds is 8. The molecule has 2 N–H and O–H groups in total. The van der Waals surface area contributed by atoms with E-state index < -0.39 is 22.5 Å². The van der Waals surface area contributed by atoms with Crippen LogP contribution in [-0.4, -0.2) is 32.5 Å². The van der Waals surface area contributed by atoms with E-state index in [1.54, 1.807) is 43.3 Å². The number of aryl methyl sites for hydroxylation is 1. The minimum atomic E-state index is -4.14. The van der Waals surface area contributed by atoms with Crippen molar-refractivity contribution in [3.63, 3.8) is 0 Å². The van der Waals surface area contributed by atoms with Gasteiger partial charge in [-0.3, -0.25) is 13.9 Å². The first-order chi connectivity index (χ1) is 17.0. The van der Waals surface area contributed by atoms with Gasteiger partial charge in [0.2, 0.25) is 5.91 Å². The number of nitrogens with zero attached hydrogens (tertiary/aromatic N) is 2. The van der Waals surface area contributed by atoms with Crippen molar-refractivity contribution < 1.29 is 18.0 Å². The van der Waals surface area contributed by atoms with Crippen molar-refractivity contribution in [1.29, 1.82) is 0 Å². The van der Waals surface area contributed by atoms with Crippen molar-refractivity contribution in [2.75, 3.05) is 16.2 Å². The fourth-order valence-corrected chi connectivity index (χ4v) is 5.16. The topological polar surface area (TPSA) is 108 Å². The van der Waals surface area contributed by atoms with Gasteiger partial charge in [0.1, 0.15) is 6.54 Å². The fourth-order valence-electron chi connectivity index (χ4n) is 3.24. The highest BCUT2D eigenvalue weighted by Gasteiger charge is 2.28. The molecule has 8 nitrogen and oxygen atoms in total. The van der Waals surface area contributed by atoms with Gasteiger partial charge in [0.15, 0.2) is 0 Å². The zero-order chi connectivity index (χ0) is 26.5. The maximum Gasteiger partial charge on any atom is 0.264 e. The Hall–Kier alpha value is -3.40. The first-order valence-electron chi connectivity index (χ1n) is 10.7.